The Hall–Kier alpha value is -2.17. The first-order valence-corrected chi connectivity index (χ1v) is 38.0. The normalized spacial score (nSPS) is 27.4. The Balaban J connectivity index is 0.00000288. The van der Waals surface area contributed by atoms with E-state index in [1.165, 1.54) is 131 Å². The zero-order valence-corrected chi connectivity index (χ0v) is 45.2. The van der Waals surface area contributed by atoms with Crippen molar-refractivity contribution in [2.24, 2.45) is 22.7 Å². The van der Waals surface area contributed by atoms with Gasteiger partial charge in [-0.1, -0.05) is 0 Å². The number of fused-ring (bicyclic) bond motifs is 6. The van der Waals surface area contributed by atoms with Crippen LogP contribution in [-0.4, -0.2) is 13.1 Å². The van der Waals surface area contributed by atoms with E-state index >= 15 is 13.2 Å². The zero-order valence-electron chi connectivity index (χ0n) is 39.7. The van der Waals surface area contributed by atoms with Crippen LogP contribution < -0.4 is 0 Å². The molecular weight excluding hydrogens is 944 g/mol. The van der Waals surface area contributed by atoms with Gasteiger partial charge in [-0.3, -0.25) is 0 Å². The van der Waals surface area contributed by atoms with Crippen molar-refractivity contribution in [2.45, 2.75) is 158 Å². The van der Waals surface area contributed by atoms with Gasteiger partial charge >= 0.3 is 382 Å². The minimum atomic E-state index is -4.89. The Morgan fingerprint density at radius 2 is 1.00 bits per heavy atom. The van der Waals surface area contributed by atoms with Crippen LogP contribution in [0, 0.1) is 22.7 Å². The summed E-state index contributed by atoms with van der Waals surface area (Å²) >= 11 is -4.89. The quantitative estimate of drug-likeness (QED) is 0.110. The molecule has 0 aliphatic heterocycles. The second-order valence-corrected chi connectivity index (χ2v) is 51.5. The van der Waals surface area contributed by atoms with E-state index in [2.05, 4.69) is 136 Å². The van der Waals surface area contributed by atoms with Gasteiger partial charge in [0.2, 0.25) is 0 Å². The fourth-order valence-corrected chi connectivity index (χ4v) is 38.8. The van der Waals surface area contributed by atoms with Gasteiger partial charge in [0.1, 0.15) is 0 Å². The Morgan fingerprint density at radius 1 is 0.615 bits per heavy atom. The predicted molar refractivity (Wildman–Crippen MR) is 274 cm³/mol. The van der Waals surface area contributed by atoms with Crippen molar-refractivity contribution < 1.29 is 30.6 Å². The molecule has 0 N–H and O–H groups in total. The number of hydrogen-bond donors (Lipinski definition) is 0. The molecular formula is C58H73Cl2F3SiZr. The van der Waals surface area contributed by atoms with Gasteiger partial charge in [0, 0.05) is 0 Å². The van der Waals surface area contributed by atoms with Crippen molar-refractivity contribution in [1.29, 1.82) is 0 Å². The molecule has 0 saturated heterocycles. The van der Waals surface area contributed by atoms with Crippen LogP contribution in [0.25, 0.3) is 34.4 Å². The summed E-state index contributed by atoms with van der Waals surface area (Å²) in [6.07, 6.45) is 17.5. The number of benzene rings is 4. The van der Waals surface area contributed by atoms with Gasteiger partial charge in [-0.25, -0.2) is 0 Å². The molecule has 4 unspecified atom stereocenters. The van der Waals surface area contributed by atoms with Gasteiger partial charge in [-0.15, -0.1) is 24.8 Å². The standard InChI is InChI=1S/2C27H31.C3H4F3.CH3.2ClH.H2Si.Zr/c2*1-3-19(2)22-7-9-23(10-8-22)25-6-4-5-24-15-21(16-26(24)25)18-27-13-11-20(17-27)12-14-27;1-2-3(4,5)6;;;;;/h2*4-10,15-16,19-20H,3,11-14,17-18H2,1-2H3;1-2H2;1H3;2*1H;1H2;. The minimum absolute atomic E-state index is 0. The topological polar surface area (TPSA) is 0 Å². The largest absolute Gasteiger partial charge is 0.147 e. The van der Waals surface area contributed by atoms with E-state index in [1.54, 1.807) is 0 Å². The number of hydrogen-bond acceptors (Lipinski definition) is 0. The van der Waals surface area contributed by atoms with Crippen LogP contribution in [0.1, 0.15) is 176 Å². The molecule has 65 heavy (non-hydrogen) atoms. The first kappa shape index (κ1) is 49.3. The molecule has 0 heterocycles. The van der Waals surface area contributed by atoms with E-state index < -0.39 is 30.0 Å². The summed E-state index contributed by atoms with van der Waals surface area (Å²) in [5, 5.41) is 0. The van der Waals surface area contributed by atoms with Crippen molar-refractivity contribution in [3.8, 4) is 22.3 Å². The fraction of sp³-hybridized carbons (Fsp3) is 0.517. The molecule has 7 heteroatoms. The maximum atomic E-state index is 15.2. The fourth-order valence-electron chi connectivity index (χ4n) is 15.2. The van der Waals surface area contributed by atoms with E-state index in [4.69, 9.17) is 0 Å². The summed E-state index contributed by atoms with van der Waals surface area (Å²) in [7, 11) is 0. The third-order valence-electron chi connectivity index (χ3n) is 18.9. The second-order valence-electron chi connectivity index (χ2n) is 23.1. The van der Waals surface area contributed by atoms with Gasteiger partial charge in [-0.05, 0) is 0 Å². The number of allylic oxidation sites excluding steroid dienone is 2. The summed E-state index contributed by atoms with van der Waals surface area (Å²) in [6.45, 7) is 11.3. The Kier molecular flexibility index (Phi) is 13.9. The van der Waals surface area contributed by atoms with Crippen LogP contribution in [0.5, 0.6) is 0 Å². The molecule has 0 nitrogen and oxygen atoms in total. The number of rotatable bonds is 14. The predicted octanol–water partition coefficient (Wildman–Crippen LogP) is 18.1. The summed E-state index contributed by atoms with van der Waals surface area (Å²) in [5.41, 5.74) is 16.5. The SMILES string of the molecule is CCC(C)c1ccc(-c2cccc3c2C=C(CC24CCC(CC2)C4)[CH]3[Zr]([CH3])(=[SiH2])([CH2]CC(F)(F)F)[CH]2C(CC34CCC(CC3)C4)=Cc3c(-c4ccc(C(C)CC)cc4)cccc32)cc1.Cl.Cl. The van der Waals surface area contributed by atoms with E-state index in [0.29, 0.717) is 16.0 Å². The first-order chi connectivity index (χ1) is 30.1. The first-order valence-electron chi connectivity index (χ1n) is 25.1. The summed E-state index contributed by atoms with van der Waals surface area (Å²) in [4.78, 5) is 0. The van der Waals surface area contributed by atoms with Crippen LogP contribution >= 0.6 is 24.8 Å². The van der Waals surface area contributed by atoms with Gasteiger partial charge in [0.05, 0.1) is 0 Å². The zero-order chi connectivity index (χ0) is 44.0. The van der Waals surface area contributed by atoms with Crippen LogP contribution in [0.4, 0.5) is 13.2 Å². The Morgan fingerprint density at radius 3 is 1.32 bits per heavy atom. The van der Waals surface area contributed by atoms with Gasteiger partial charge in [-0.2, -0.15) is 0 Å². The third-order valence-corrected chi connectivity index (χ3v) is 41.8. The van der Waals surface area contributed by atoms with Gasteiger partial charge in [0.25, 0.3) is 0 Å². The monoisotopic (exact) mass is 1010 g/mol. The molecule has 4 atom stereocenters. The third kappa shape index (κ3) is 8.89. The molecule has 4 bridgehead atoms. The molecule has 348 valence electrons. The van der Waals surface area contributed by atoms with Crippen LogP contribution in [0.15, 0.2) is 96.1 Å². The maximum Gasteiger partial charge on any atom is -0.147 e. The van der Waals surface area contributed by atoms with Crippen LogP contribution in [0.3, 0.4) is 0 Å². The molecule has 4 fully saturated rings. The van der Waals surface area contributed by atoms with E-state index in [0.717, 1.165) is 37.5 Å². The molecule has 0 aromatic heterocycles. The van der Waals surface area contributed by atoms with Crippen molar-refractivity contribution in [3.05, 3.63) is 129 Å². The van der Waals surface area contributed by atoms with Crippen molar-refractivity contribution >= 4 is 43.8 Å². The molecule has 4 aromatic carbocycles. The average Bonchev–Trinajstić information content (AvgIpc) is 4.16. The second kappa shape index (κ2) is 18.3. The molecule has 6 aliphatic carbocycles. The van der Waals surface area contributed by atoms with E-state index in [9.17, 15) is 0 Å². The smallest absolute Gasteiger partial charge is 0.147 e. The van der Waals surface area contributed by atoms with Crippen molar-refractivity contribution in [2.75, 3.05) is 0 Å². The molecule has 10 rings (SSSR count). The minimum Gasteiger partial charge on any atom is -0.147 e. The van der Waals surface area contributed by atoms with Gasteiger partial charge in [0.15, 0.2) is 0 Å². The molecule has 4 saturated carbocycles. The molecule has 0 amide bonds. The average molecular weight is 1020 g/mol. The summed E-state index contributed by atoms with van der Waals surface area (Å²) in [6, 6.07) is 32.3. The molecule has 0 radical (unpaired) electrons. The van der Waals surface area contributed by atoms with Crippen molar-refractivity contribution in [1.82, 2.24) is 0 Å². The van der Waals surface area contributed by atoms with Gasteiger partial charge < -0.3 is 0 Å². The molecule has 6 aliphatic rings. The molecule has 0 spiro atoms. The maximum absolute atomic E-state index is 15.2. The number of alkyl halides is 3. The summed E-state index contributed by atoms with van der Waals surface area (Å²) < 4.78 is 48.6. The Labute approximate surface area is 403 Å². The Bertz CT molecular complexity index is 2360. The van der Waals surface area contributed by atoms with Crippen molar-refractivity contribution in [3.63, 3.8) is 0 Å². The van der Waals surface area contributed by atoms with Crippen LogP contribution in [-0.2, 0) is 17.4 Å². The summed E-state index contributed by atoms with van der Waals surface area (Å²) in [5.74, 6) is 2.64. The number of halogens is 5. The van der Waals surface area contributed by atoms with E-state index in [-0.39, 0.29) is 42.9 Å². The van der Waals surface area contributed by atoms with E-state index in [1.807, 2.05) is 0 Å². The van der Waals surface area contributed by atoms with Crippen LogP contribution in [0.2, 0.25) is 8.76 Å². The molecule has 4 aromatic rings.